The summed E-state index contributed by atoms with van der Waals surface area (Å²) in [7, 11) is -3.54. The van der Waals surface area contributed by atoms with Crippen LogP contribution in [0.3, 0.4) is 0 Å². The molecule has 1 fully saturated rings. The normalized spacial score (nSPS) is 15.4. The highest BCUT2D eigenvalue weighted by Gasteiger charge is 2.31. The third-order valence-corrected chi connectivity index (χ3v) is 7.74. The van der Waals surface area contributed by atoms with E-state index in [0.29, 0.717) is 23.8 Å². The molecule has 29 heavy (non-hydrogen) atoms. The van der Waals surface area contributed by atoms with Crippen molar-refractivity contribution in [3.8, 4) is 10.6 Å². The van der Waals surface area contributed by atoms with Gasteiger partial charge >= 0.3 is 0 Å². The zero-order valence-electron chi connectivity index (χ0n) is 15.4. The molecule has 0 atom stereocenters. The number of hydrogen-bond acceptors (Lipinski definition) is 5. The molecular formula is C20H18ClN3O3S2. The average molecular weight is 448 g/mol. The predicted octanol–water partition coefficient (Wildman–Crippen LogP) is 3.61. The molecule has 0 aliphatic carbocycles. The van der Waals surface area contributed by atoms with Gasteiger partial charge in [-0.25, -0.2) is 13.4 Å². The van der Waals surface area contributed by atoms with Crippen molar-refractivity contribution in [2.45, 2.75) is 4.90 Å². The predicted molar refractivity (Wildman–Crippen MR) is 114 cm³/mol. The van der Waals surface area contributed by atoms with E-state index in [0.717, 1.165) is 10.6 Å². The van der Waals surface area contributed by atoms with E-state index in [1.807, 2.05) is 18.2 Å². The van der Waals surface area contributed by atoms with Crippen LogP contribution >= 0.6 is 22.9 Å². The van der Waals surface area contributed by atoms with E-state index in [4.69, 9.17) is 11.6 Å². The molecule has 0 unspecified atom stereocenters. The molecule has 0 saturated carbocycles. The lowest BCUT2D eigenvalue weighted by Gasteiger charge is -2.33. The van der Waals surface area contributed by atoms with Crippen LogP contribution in [-0.2, 0) is 10.0 Å². The molecule has 9 heteroatoms. The first-order chi connectivity index (χ1) is 13.9. The molecule has 2 heterocycles. The summed E-state index contributed by atoms with van der Waals surface area (Å²) in [6.45, 7) is 1.17. The summed E-state index contributed by atoms with van der Waals surface area (Å²) in [5.74, 6) is -0.189. The summed E-state index contributed by atoms with van der Waals surface area (Å²) < 4.78 is 26.9. The highest BCUT2D eigenvalue weighted by atomic mass is 35.5. The van der Waals surface area contributed by atoms with Gasteiger partial charge in [-0.2, -0.15) is 4.31 Å². The van der Waals surface area contributed by atoms with E-state index >= 15 is 0 Å². The van der Waals surface area contributed by atoms with Crippen LogP contribution in [0.25, 0.3) is 10.6 Å². The monoisotopic (exact) mass is 447 g/mol. The van der Waals surface area contributed by atoms with E-state index < -0.39 is 10.0 Å². The van der Waals surface area contributed by atoms with Crippen molar-refractivity contribution in [1.29, 1.82) is 0 Å². The van der Waals surface area contributed by atoms with Crippen LogP contribution in [-0.4, -0.2) is 54.7 Å². The number of amides is 1. The van der Waals surface area contributed by atoms with Crippen molar-refractivity contribution in [2.75, 3.05) is 26.2 Å². The summed E-state index contributed by atoms with van der Waals surface area (Å²) >= 11 is 7.41. The maximum absolute atomic E-state index is 12.8. The van der Waals surface area contributed by atoms with Crippen LogP contribution in [0.5, 0.6) is 0 Å². The number of carbonyl (C=O) groups excluding carboxylic acids is 1. The number of hydrogen-bond donors (Lipinski definition) is 0. The van der Waals surface area contributed by atoms with Crippen molar-refractivity contribution in [3.05, 3.63) is 70.7 Å². The Morgan fingerprint density at radius 1 is 1.00 bits per heavy atom. The fourth-order valence-corrected chi connectivity index (χ4v) is 5.59. The topological polar surface area (TPSA) is 70.6 Å². The molecular weight excluding hydrogens is 430 g/mol. The average Bonchev–Trinajstić information content (AvgIpc) is 3.24. The highest BCUT2D eigenvalue weighted by molar-refractivity contribution is 7.89. The Morgan fingerprint density at radius 2 is 1.72 bits per heavy atom. The molecule has 1 amide bonds. The number of sulfonamides is 1. The molecule has 0 radical (unpaired) electrons. The number of thiazole rings is 1. The molecule has 2 aromatic carbocycles. The molecule has 150 valence electrons. The summed E-state index contributed by atoms with van der Waals surface area (Å²) in [5, 5.41) is 3.06. The summed E-state index contributed by atoms with van der Waals surface area (Å²) in [6, 6.07) is 15.7. The highest BCUT2D eigenvalue weighted by Crippen LogP contribution is 2.27. The third-order valence-electron chi connectivity index (χ3n) is 4.70. The molecule has 1 aromatic heterocycles. The van der Waals surface area contributed by atoms with Crippen molar-refractivity contribution >= 4 is 38.9 Å². The number of carbonyl (C=O) groups is 1. The van der Waals surface area contributed by atoms with E-state index in [-0.39, 0.29) is 23.9 Å². The lowest BCUT2D eigenvalue weighted by Crippen LogP contribution is -2.50. The molecule has 1 saturated heterocycles. The Bertz CT molecular complexity index is 1120. The lowest BCUT2D eigenvalue weighted by molar-refractivity contribution is 0.0693. The van der Waals surface area contributed by atoms with Crippen LogP contribution in [0.2, 0.25) is 5.02 Å². The SMILES string of the molecule is O=C(c1csc(-c2cccc(Cl)c2)n1)N1CCN(S(=O)(=O)c2ccccc2)CC1. The fraction of sp³-hybridized carbons (Fsp3) is 0.200. The molecule has 1 aliphatic heterocycles. The van der Waals surface area contributed by atoms with Gasteiger partial charge in [0.25, 0.3) is 5.91 Å². The van der Waals surface area contributed by atoms with Gasteiger partial charge in [0.05, 0.1) is 4.90 Å². The van der Waals surface area contributed by atoms with E-state index in [2.05, 4.69) is 4.98 Å². The summed E-state index contributed by atoms with van der Waals surface area (Å²) in [5.41, 5.74) is 1.23. The van der Waals surface area contributed by atoms with Gasteiger partial charge in [0.15, 0.2) is 0 Å². The second kappa shape index (κ2) is 8.23. The van der Waals surface area contributed by atoms with Gasteiger partial charge in [-0.3, -0.25) is 4.79 Å². The number of nitrogens with zero attached hydrogens (tertiary/aromatic N) is 3. The number of piperazine rings is 1. The van der Waals surface area contributed by atoms with Crippen molar-refractivity contribution in [3.63, 3.8) is 0 Å². The van der Waals surface area contributed by atoms with Gasteiger partial charge in [-0.15, -0.1) is 11.3 Å². The van der Waals surface area contributed by atoms with E-state index in [9.17, 15) is 13.2 Å². The van der Waals surface area contributed by atoms with Gasteiger partial charge < -0.3 is 4.90 Å². The maximum atomic E-state index is 12.8. The zero-order chi connectivity index (χ0) is 20.4. The Labute approximate surface area is 178 Å². The quantitative estimate of drug-likeness (QED) is 0.612. The molecule has 6 nitrogen and oxygen atoms in total. The van der Waals surface area contributed by atoms with Crippen LogP contribution in [0.4, 0.5) is 0 Å². The molecule has 4 rings (SSSR count). The van der Waals surface area contributed by atoms with Crippen LogP contribution in [0.1, 0.15) is 10.5 Å². The van der Waals surface area contributed by atoms with Crippen LogP contribution < -0.4 is 0 Å². The fourth-order valence-electron chi connectivity index (χ4n) is 3.16. The Balaban J connectivity index is 1.43. The van der Waals surface area contributed by atoms with Crippen LogP contribution in [0.15, 0.2) is 64.9 Å². The first kappa shape index (κ1) is 20.0. The summed E-state index contributed by atoms with van der Waals surface area (Å²) in [6.07, 6.45) is 0. The first-order valence-electron chi connectivity index (χ1n) is 9.01. The summed E-state index contributed by atoms with van der Waals surface area (Å²) in [4.78, 5) is 19.2. The molecule has 1 aliphatic rings. The second-order valence-electron chi connectivity index (χ2n) is 6.56. The molecule has 0 spiro atoms. The Morgan fingerprint density at radius 3 is 2.41 bits per heavy atom. The van der Waals surface area contributed by atoms with Crippen molar-refractivity contribution in [2.24, 2.45) is 0 Å². The molecule has 3 aromatic rings. The van der Waals surface area contributed by atoms with E-state index in [1.54, 1.807) is 46.7 Å². The standard InChI is InChI=1S/C20H18ClN3O3S2/c21-16-6-4-5-15(13-16)19-22-18(14-28-19)20(25)23-9-11-24(12-10-23)29(26,27)17-7-2-1-3-8-17/h1-8,13-14H,9-12H2. The zero-order valence-corrected chi connectivity index (χ0v) is 17.8. The minimum atomic E-state index is -3.54. The van der Waals surface area contributed by atoms with Crippen molar-refractivity contribution in [1.82, 2.24) is 14.2 Å². The largest absolute Gasteiger partial charge is 0.335 e. The maximum Gasteiger partial charge on any atom is 0.273 e. The lowest BCUT2D eigenvalue weighted by atomic mass is 10.2. The minimum Gasteiger partial charge on any atom is -0.335 e. The number of benzene rings is 2. The smallest absolute Gasteiger partial charge is 0.273 e. The number of rotatable bonds is 4. The third kappa shape index (κ3) is 4.20. The van der Waals surface area contributed by atoms with Gasteiger partial charge in [0.1, 0.15) is 10.7 Å². The van der Waals surface area contributed by atoms with Crippen LogP contribution in [0, 0.1) is 0 Å². The van der Waals surface area contributed by atoms with Gasteiger partial charge in [-0.1, -0.05) is 41.9 Å². The minimum absolute atomic E-state index is 0.189. The first-order valence-corrected chi connectivity index (χ1v) is 11.7. The van der Waals surface area contributed by atoms with E-state index in [1.165, 1.54) is 15.6 Å². The number of halogens is 1. The van der Waals surface area contributed by atoms with Gasteiger partial charge in [-0.05, 0) is 24.3 Å². The Kier molecular flexibility index (Phi) is 5.69. The van der Waals surface area contributed by atoms with Crippen molar-refractivity contribution < 1.29 is 13.2 Å². The van der Waals surface area contributed by atoms with Gasteiger partial charge in [0.2, 0.25) is 10.0 Å². The second-order valence-corrected chi connectivity index (χ2v) is 9.79. The van der Waals surface area contributed by atoms with Gasteiger partial charge in [0, 0.05) is 42.1 Å². The molecule has 0 bridgehead atoms. The molecule has 0 N–H and O–H groups in total. The Hall–Kier alpha value is -2.26. The number of aromatic nitrogens is 1.